The van der Waals surface area contributed by atoms with Crippen molar-refractivity contribution in [2.75, 3.05) is 27.2 Å². The van der Waals surface area contributed by atoms with E-state index < -0.39 is 10.0 Å². The molecule has 1 heterocycles. The largest absolute Gasteiger partial charge is 0.353 e. The average molecular weight is 426 g/mol. The molecule has 1 aliphatic heterocycles. The van der Waals surface area contributed by atoms with Crippen molar-refractivity contribution in [1.29, 1.82) is 0 Å². The predicted octanol–water partition coefficient (Wildman–Crippen LogP) is 2.03. The van der Waals surface area contributed by atoms with Crippen LogP contribution in [0.5, 0.6) is 0 Å². The van der Waals surface area contributed by atoms with Crippen LogP contribution in [0.25, 0.3) is 0 Å². The van der Waals surface area contributed by atoms with Crippen molar-refractivity contribution in [3.05, 3.63) is 29.8 Å². The Bertz CT molecular complexity index is 810. The van der Waals surface area contributed by atoms with E-state index in [0.717, 1.165) is 30.2 Å². The SMILES string of the molecule is CCCC(C)NC(=O)C1CCCN(C(=O)c2ccc(S(=O)(=O)N(C)OC)cc2)C1. The molecule has 0 saturated carbocycles. The van der Waals surface area contributed by atoms with E-state index in [2.05, 4.69) is 12.2 Å². The highest BCUT2D eigenvalue weighted by Gasteiger charge is 2.30. The van der Waals surface area contributed by atoms with Crippen LogP contribution in [0.2, 0.25) is 0 Å². The minimum atomic E-state index is -3.76. The first-order valence-corrected chi connectivity index (χ1v) is 11.4. The van der Waals surface area contributed by atoms with Crippen molar-refractivity contribution < 1.29 is 22.8 Å². The summed E-state index contributed by atoms with van der Waals surface area (Å²) in [6.45, 7) is 5.02. The standard InChI is InChI=1S/C20H31N3O5S/c1-5-7-15(2)21-19(24)17-8-6-13-23(14-17)20(25)16-9-11-18(12-10-16)29(26,27)22(3)28-4/h9-12,15,17H,5-8,13-14H2,1-4H3,(H,21,24). The van der Waals surface area contributed by atoms with Crippen LogP contribution in [-0.4, -0.2) is 62.9 Å². The molecule has 0 aliphatic carbocycles. The summed E-state index contributed by atoms with van der Waals surface area (Å²) in [5, 5.41) is 3.03. The van der Waals surface area contributed by atoms with Crippen LogP contribution in [0.3, 0.4) is 0 Å². The minimum Gasteiger partial charge on any atom is -0.353 e. The molecule has 9 heteroatoms. The molecular weight excluding hydrogens is 394 g/mol. The van der Waals surface area contributed by atoms with Gasteiger partial charge in [-0.15, -0.1) is 0 Å². The summed E-state index contributed by atoms with van der Waals surface area (Å²) in [7, 11) is -1.19. The number of nitrogens with one attached hydrogen (secondary N) is 1. The van der Waals surface area contributed by atoms with E-state index >= 15 is 0 Å². The van der Waals surface area contributed by atoms with Gasteiger partial charge in [0.15, 0.2) is 0 Å². The molecule has 2 unspecified atom stereocenters. The molecular formula is C20H31N3O5S. The van der Waals surface area contributed by atoms with Crippen molar-refractivity contribution in [2.24, 2.45) is 5.92 Å². The lowest BCUT2D eigenvalue weighted by molar-refractivity contribution is -0.127. The van der Waals surface area contributed by atoms with Crippen molar-refractivity contribution in [1.82, 2.24) is 14.7 Å². The summed E-state index contributed by atoms with van der Waals surface area (Å²) in [5.74, 6) is -0.428. The van der Waals surface area contributed by atoms with Gasteiger partial charge in [-0.25, -0.2) is 8.42 Å². The zero-order chi connectivity index (χ0) is 21.6. The molecule has 0 radical (unpaired) electrons. The molecule has 1 N–H and O–H groups in total. The van der Waals surface area contributed by atoms with Crippen molar-refractivity contribution >= 4 is 21.8 Å². The van der Waals surface area contributed by atoms with Crippen molar-refractivity contribution in [3.8, 4) is 0 Å². The number of carbonyl (C=O) groups excluding carboxylic acids is 2. The summed E-state index contributed by atoms with van der Waals surface area (Å²) in [5.41, 5.74) is 0.393. The van der Waals surface area contributed by atoms with Crippen LogP contribution in [0.1, 0.15) is 49.9 Å². The van der Waals surface area contributed by atoms with Crippen LogP contribution in [0.4, 0.5) is 0 Å². The first-order chi connectivity index (χ1) is 13.7. The molecule has 29 heavy (non-hydrogen) atoms. The Morgan fingerprint density at radius 2 is 1.97 bits per heavy atom. The van der Waals surface area contributed by atoms with Crippen molar-refractivity contribution in [3.63, 3.8) is 0 Å². The summed E-state index contributed by atoms with van der Waals surface area (Å²) in [6.07, 6.45) is 3.45. The molecule has 2 amide bonds. The van der Waals surface area contributed by atoms with Crippen molar-refractivity contribution in [2.45, 2.75) is 50.5 Å². The maximum absolute atomic E-state index is 12.9. The lowest BCUT2D eigenvalue weighted by Gasteiger charge is -2.32. The zero-order valence-corrected chi connectivity index (χ0v) is 18.4. The van der Waals surface area contributed by atoms with Gasteiger partial charge in [-0.05, 0) is 50.5 Å². The van der Waals surface area contributed by atoms with E-state index in [1.54, 1.807) is 4.90 Å². The minimum absolute atomic E-state index is 0.00695. The number of nitrogens with zero attached hydrogens (tertiary/aromatic N) is 2. The van der Waals surface area contributed by atoms with Gasteiger partial charge in [0, 0.05) is 31.7 Å². The molecule has 0 aromatic heterocycles. The number of carbonyl (C=O) groups is 2. The molecule has 2 atom stereocenters. The van der Waals surface area contributed by atoms with E-state index in [0.29, 0.717) is 18.7 Å². The molecule has 0 bridgehead atoms. The number of benzene rings is 1. The van der Waals surface area contributed by atoms with Crippen LogP contribution >= 0.6 is 0 Å². The van der Waals surface area contributed by atoms with E-state index in [4.69, 9.17) is 4.84 Å². The number of rotatable bonds is 8. The van der Waals surface area contributed by atoms with Crippen LogP contribution < -0.4 is 5.32 Å². The number of sulfonamides is 1. The van der Waals surface area contributed by atoms with Gasteiger partial charge < -0.3 is 10.2 Å². The maximum atomic E-state index is 12.9. The molecule has 162 valence electrons. The smallest absolute Gasteiger partial charge is 0.264 e. The van der Waals surface area contributed by atoms with Gasteiger partial charge in [0.1, 0.15) is 0 Å². The third-order valence-corrected chi connectivity index (χ3v) is 6.88. The maximum Gasteiger partial charge on any atom is 0.264 e. The van der Waals surface area contributed by atoms with Crippen LogP contribution in [0.15, 0.2) is 29.2 Å². The summed E-state index contributed by atoms with van der Waals surface area (Å²) >= 11 is 0. The van der Waals surface area contributed by atoms with Crippen LogP contribution in [0, 0.1) is 5.92 Å². The molecule has 8 nitrogen and oxygen atoms in total. The Hall–Kier alpha value is -1.97. The lowest BCUT2D eigenvalue weighted by Crippen LogP contribution is -2.47. The number of hydroxylamine groups is 1. The Labute approximate surface area is 173 Å². The third kappa shape index (κ3) is 5.77. The third-order valence-electron chi connectivity index (χ3n) is 5.18. The molecule has 2 rings (SSSR count). The predicted molar refractivity (Wildman–Crippen MR) is 110 cm³/mol. The van der Waals surface area contributed by atoms with Gasteiger partial charge in [0.25, 0.3) is 15.9 Å². The lowest BCUT2D eigenvalue weighted by atomic mass is 9.96. The molecule has 0 spiro atoms. The highest BCUT2D eigenvalue weighted by atomic mass is 32.2. The summed E-state index contributed by atoms with van der Waals surface area (Å²) < 4.78 is 25.3. The van der Waals surface area contributed by atoms with Gasteiger partial charge in [-0.2, -0.15) is 0 Å². The van der Waals surface area contributed by atoms with Gasteiger partial charge in [0.05, 0.1) is 17.9 Å². The molecule has 1 aliphatic rings. The second-order valence-corrected chi connectivity index (χ2v) is 9.35. The van der Waals surface area contributed by atoms with Gasteiger partial charge in [-0.3, -0.25) is 14.4 Å². The van der Waals surface area contributed by atoms with Gasteiger partial charge >= 0.3 is 0 Å². The van der Waals surface area contributed by atoms with Crippen LogP contribution in [-0.2, 0) is 19.7 Å². The van der Waals surface area contributed by atoms with Gasteiger partial charge in [-0.1, -0.05) is 17.8 Å². The number of hydrogen-bond acceptors (Lipinski definition) is 5. The second kappa shape index (κ2) is 10.2. The Morgan fingerprint density at radius 1 is 1.31 bits per heavy atom. The Morgan fingerprint density at radius 3 is 2.55 bits per heavy atom. The second-order valence-electron chi connectivity index (χ2n) is 7.41. The first-order valence-electron chi connectivity index (χ1n) is 9.93. The Balaban J connectivity index is 2.05. The fourth-order valence-corrected chi connectivity index (χ4v) is 4.41. The number of hydrogen-bond donors (Lipinski definition) is 1. The van der Waals surface area contributed by atoms with E-state index in [9.17, 15) is 18.0 Å². The molecule has 1 aromatic rings. The first kappa shape index (κ1) is 23.3. The fraction of sp³-hybridized carbons (Fsp3) is 0.600. The quantitative estimate of drug-likeness (QED) is 0.643. The summed E-state index contributed by atoms with van der Waals surface area (Å²) in [4.78, 5) is 31.8. The van der Waals surface area contributed by atoms with E-state index in [-0.39, 0.29) is 28.7 Å². The summed E-state index contributed by atoms with van der Waals surface area (Å²) in [6, 6.07) is 5.88. The van der Waals surface area contributed by atoms with E-state index in [1.807, 2.05) is 6.92 Å². The fourth-order valence-electron chi connectivity index (χ4n) is 3.44. The molecule has 1 aromatic carbocycles. The average Bonchev–Trinajstić information content (AvgIpc) is 2.72. The number of amides is 2. The molecule has 1 fully saturated rings. The highest BCUT2D eigenvalue weighted by Crippen LogP contribution is 2.21. The zero-order valence-electron chi connectivity index (χ0n) is 17.6. The number of likely N-dealkylation sites (tertiary alicyclic amines) is 1. The topological polar surface area (TPSA) is 96.0 Å². The Kier molecular flexibility index (Phi) is 8.18. The normalized spacial score (nSPS) is 18.5. The monoisotopic (exact) mass is 425 g/mol. The van der Waals surface area contributed by atoms with E-state index in [1.165, 1.54) is 38.4 Å². The molecule has 1 saturated heterocycles. The van der Waals surface area contributed by atoms with Gasteiger partial charge in [0.2, 0.25) is 5.91 Å². The highest BCUT2D eigenvalue weighted by molar-refractivity contribution is 7.89. The number of piperidine rings is 1.